The molecule has 122 valence electrons. The molecule has 2 fully saturated rings. The van der Waals surface area contributed by atoms with Gasteiger partial charge >= 0.3 is 6.18 Å². The summed E-state index contributed by atoms with van der Waals surface area (Å²) in [6.45, 7) is -0.131. The summed E-state index contributed by atoms with van der Waals surface area (Å²) in [5.41, 5.74) is -0.611. The number of carbonyl (C=O) groups excluding carboxylic acids is 1. The molecule has 2 saturated carbocycles. The number of hydrogen-bond donors (Lipinski definition) is 2. The lowest BCUT2D eigenvalue weighted by Gasteiger charge is -2.38. The van der Waals surface area contributed by atoms with Gasteiger partial charge in [0.1, 0.15) is 0 Å². The summed E-state index contributed by atoms with van der Waals surface area (Å²) in [7, 11) is 0. The van der Waals surface area contributed by atoms with Crippen molar-refractivity contribution in [3.05, 3.63) is 0 Å². The van der Waals surface area contributed by atoms with Crippen molar-refractivity contribution in [3.8, 4) is 0 Å². The van der Waals surface area contributed by atoms with Crippen LogP contribution < -0.4 is 5.32 Å². The van der Waals surface area contributed by atoms with Gasteiger partial charge < -0.3 is 10.4 Å². The first-order valence-electron chi connectivity index (χ1n) is 7.86. The van der Waals surface area contributed by atoms with E-state index in [4.69, 9.17) is 0 Å². The Morgan fingerprint density at radius 2 is 1.81 bits per heavy atom. The van der Waals surface area contributed by atoms with Crippen LogP contribution in [-0.4, -0.2) is 29.3 Å². The van der Waals surface area contributed by atoms with Crippen molar-refractivity contribution in [1.29, 1.82) is 0 Å². The first-order chi connectivity index (χ1) is 9.86. The minimum atomic E-state index is -4.21. The fourth-order valence-electron chi connectivity index (χ4n) is 3.64. The van der Waals surface area contributed by atoms with Crippen LogP contribution in [0.15, 0.2) is 0 Å². The van der Waals surface area contributed by atoms with Gasteiger partial charge in [-0.2, -0.15) is 13.2 Å². The van der Waals surface area contributed by atoms with Gasteiger partial charge in [-0.15, -0.1) is 0 Å². The van der Waals surface area contributed by atoms with E-state index in [1.165, 1.54) is 0 Å². The minimum absolute atomic E-state index is 0.114. The molecule has 0 aromatic heterocycles. The Labute approximate surface area is 123 Å². The standard InChI is InChI=1S/C15H24F3NO2/c16-15(17,18)12-6-4-5-11(9-12)13(21)19-14(10-20)7-2-1-3-8-14/h11-12,20H,1-10H2,(H,19,21). The number of amides is 1. The van der Waals surface area contributed by atoms with Gasteiger partial charge in [0.05, 0.1) is 18.1 Å². The van der Waals surface area contributed by atoms with Gasteiger partial charge in [0.2, 0.25) is 5.91 Å². The zero-order valence-electron chi connectivity index (χ0n) is 12.2. The van der Waals surface area contributed by atoms with Crippen molar-refractivity contribution in [2.24, 2.45) is 11.8 Å². The van der Waals surface area contributed by atoms with E-state index in [0.717, 1.165) is 19.3 Å². The molecule has 2 N–H and O–H groups in total. The Kier molecular flexibility index (Phi) is 5.17. The summed E-state index contributed by atoms with van der Waals surface area (Å²) in [5.74, 6) is -2.24. The second kappa shape index (κ2) is 6.55. The maximum atomic E-state index is 12.8. The van der Waals surface area contributed by atoms with E-state index in [2.05, 4.69) is 5.32 Å². The summed E-state index contributed by atoms with van der Waals surface area (Å²) in [6, 6.07) is 0. The normalized spacial score (nSPS) is 29.9. The number of carbonyl (C=O) groups is 1. The molecule has 0 heterocycles. The minimum Gasteiger partial charge on any atom is -0.394 e. The number of rotatable bonds is 3. The number of aliphatic hydroxyl groups excluding tert-OH is 1. The maximum absolute atomic E-state index is 12.8. The van der Waals surface area contributed by atoms with E-state index in [0.29, 0.717) is 25.7 Å². The highest BCUT2D eigenvalue weighted by Gasteiger charge is 2.44. The van der Waals surface area contributed by atoms with Crippen molar-refractivity contribution in [2.75, 3.05) is 6.61 Å². The largest absolute Gasteiger partial charge is 0.394 e. The Morgan fingerprint density at radius 3 is 2.38 bits per heavy atom. The van der Waals surface area contributed by atoms with Crippen LogP contribution in [-0.2, 0) is 4.79 Å². The molecule has 6 heteroatoms. The second-order valence-corrected chi connectivity index (χ2v) is 6.59. The molecule has 0 aliphatic heterocycles. The fourth-order valence-corrected chi connectivity index (χ4v) is 3.64. The molecule has 0 aromatic rings. The molecule has 0 aromatic carbocycles. The van der Waals surface area contributed by atoms with Crippen LogP contribution >= 0.6 is 0 Å². The van der Waals surface area contributed by atoms with E-state index in [1.54, 1.807) is 0 Å². The Morgan fingerprint density at radius 1 is 1.14 bits per heavy atom. The van der Waals surface area contributed by atoms with Gasteiger partial charge in [0.15, 0.2) is 0 Å². The maximum Gasteiger partial charge on any atom is 0.391 e. The zero-order valence-corrected chi connectivity index (χ0v) is 12.2. The van der Waals surface area contributed by atoms with Crippen molar-refractivity contribution in [2.45, 2.75) is 69.5 Å². The molecule has 2 aliphatic carbocycles. The van der Waals surface area contributed by atoms with Crippen molar-refractivity contribution in [3.63, 3.8) is 0 Å². The monoisotopic (exact) mass is 307 g/mol. The van der Waals surface area contributed by atoms with Gasteiger partial charge in [-0.05, 0) is 32.1 Å². The summed E-state index contributed by atoms with van der Waals surface area (Å²) >= 11 is 0. The van der Waals surface area contributed by atoms with Crippen molar-refractivity contribution >= 4 is 5.91 Å². The average Bonchev–Trinajstić information content (AvgIpc) is 2.47. The lowest BCUT2D eigenvalue weighted by molar-refractivity contribution is -0.186. The molecule has 3 nitrogen and oxygen atoms in total. The van der Waals surface area contributed by atoms with Gasteiger partial charge in [-0.1, -0.05) is 25.7 Å². The zero-order chi connectivity index (χ0) is 15.5. The number of nitrogens with one attached hydrogen (secondary N) is 1. The Hall–Kier alpha value is -0.780. The number of hydrogen-bond acceptors (Lipinski definition) is 2. The van der Waals surface area contributed by atoms with Crippen LogP contribution in [0.25, 0.3) is 0 Å². The molecule has 2 unspecified atom stereocenters. The second-order valence-electron chi connectivity index (χ2n) is 6.59. The van der Waals surface area contributed by atoms with E-state index in [-0.39, 0.29) is 25.4 Å². The Balaban J connectivity index is 1.96. The van der Waals surface area contributed by atoms with Gasteiger partial charge in [0.25, 0.3) is 0 Å². The van der Waals surface area contributed by atoms with Crippen LogP contribution in [0.2, 0.25) is 0 Å². The van der Waals surface area contributed by atoms with Crippen molar-refractivity contribution < 1.29 is 23.1 Å². The molecule has 0 radical (unpaired) electrons. The van der Waals surface area contributed by atoms with E-state index in [1.807, 2.05) is 0 Å². The molecule has 1 amide bonds. The topological polar surface area (TPSA) is 49.3 Å². The van der Waals surface area contributed by atoms with E-state index >= 15 is 0 Å². The molecule has 2 aliphatic rings. The highest BCUT2D eigenvalue weighted by molar-refractivity contribution is 5.79. The van der Waals surface area contributed by atoms with Crippen LogP contribution in [0.3, 0.4) is 0 Å². The van der Waals surface area contributed by atoms with Gasteiger partial charge in [-0.25, -0.2) is 0 Å². The lowest BCUT2D eigenvalue weighted by Crippen LogP contribution is -2.54. The first kappa shape index (κ1) is 16.6. The number of halogens is 3. The van der Waals surface area contributed by atoms with Crippen molar-refractivity contribution in [1.82, 2.24) is 5.32 Å². The molecular formula is C15H24F3NO2. The first-order valence-corrected chi connectivity index (χ1v) is 7.86. The van der Waals surface area contributed by atoms with Gasteiger partial charge in [0, 0.05) is 5.92 Å². The molecule has 21 heavy (non-hydrogen) atoms. The van der Waals surface area contributed by atoms with Crippen LogP contribution in [0, 0.1) is 11.8 Å². The molecule has 2 atom stereocenters. The highest BCUT2D eigenvalue weighted by Crippen LogP contribution is 2.40. The summed E-state index contributed by atoms with van der Waals surface area (Å²) < 4.78 is 38.4. The highest BCUT2D eigenvalue weighted by atomic mass is 19.4. The molecular weight excluding hydrogens is 283 g/mol. The molecule has 0 spiro atoms. The predicted molar refractivity (Wildman–Crippen MR) is 72.5 cm³/mol. The lowest BCUT2D eigenvalue weighted by atomic mass is 9.78. The third-order valence-electron chi connectivity index (χ3n) is 5.01. The smallest absolute Gasteiger partial charge is 0.391 e. The third kappa shape index (κ3) is 4.11. The van der Waals surface area contributed by atoms with Gasteiger partial charge in [-0.3, -0.25) is 4.79 Å². The number of aliphatic hydroxyl groups is 1. The van der Waals surface area contributed by atoms with Crippen LogP contribution in [0.4, 0.5) is 13.2 Å². The Bertz CT molecular complexity index is 364. The SMILES string of the molecule is O=C(NC1(CO)CCCCC1)C1CCCC(C(F)(F)F)C1. The summed E-state index contributed by atoms with van der Waals surface area (Å²) in [5, 5.41) is 12.4. The van der Waals surface area contributed by atoms with Crippen LogP contribution in [0.5, 0.6) is 0 Å². The molecule has 2 rings (SSSR count). The predicted octanol–water partition coefficient (Wildman–Crippen LogP) is 3.17. The quantitative estimate of drug-likeness (QED) is 0.841. The van der Waals surface area contributed by atoms with E-state index in [9.17, 15) is 23.1 Å². The average molecular weight is 307 g/mol. The van der Waals surface area contributed by atoms with Crippen LogP contribution in [0.1, 0.15) is 57.8 Å². The third-order valence-corrected chi connectivity index (χ3v) is 5.01. The summed E-state index contributed by atoms with van der Waals surface area (Å²) in [4.78, 5) is 12.3. The number of alkyl halides is 3. The summed E-state index contributed by atoms with van der Waals surface area (Å²) in [6.07, 6.45) is 1.14. The molecule has 0 saturated heterocycles. The fraction of sp³-hybridized carbons (Fsp3) is 0.933. The molecule has 0 bridgehead atoms. The van der Waals surface area contributed by atoms with E-state index < -0.39 is 23.6 Å².